The zero-order valence-corrected chi connectivity index (χ0v) is 20.8. The fourth-order valence-electron chi connectivity index (χ4n) is 5.22. The fraction of sp³-hybridized carbons (Fsp3) is 0.0625. The van der Waals surface area contributed by atoms with Gasteiger partial charge in [-0.3, -0.25) is 0 Å². The Kier molecular flexibility index (Phi) is 5.79. The molecule has 0 spiro atoms. The van der Waals surface area contributed by atoms with Crippen LogP contribution < -0.4 is 0 Å². The van der Waals surface area contributed by atoms with Crippen LogP contribution in [0, 0.1) is 22.7 Å². The molecule has 0 radical (unpaired) electrons. The van der Waals surface area contributed by atoms with Gasteiger partial charge in [0.05, 0.1) is 23.3 Å². The Labute approximate surface area is 207 Å². The molecule has 4 aromatic carbocycles. The maximum atomic E-state index is 9.37. The average molecular weight is 465 g/mol. The van der Waals surface area contributed by atoms with Crippen molar-refractivity contribution in [2.45, 2.75) is 13.1 Å². The molecule has 0 aromatic heterocycles. The van der Waals surface area contributed by atoms with Crippen molar-refractivity contribution in [1.29, 1.82) is 10.5 Å². The molecule has 0 saturated heterocycles. The first-order valence-corrected chi connectivity index (χ1v) is 14.7. The van der Waals surface area contributed by atoms with E-state index in [4.69, 9.17) is 0 Å². The summed E-state index contributed by atoms with van der Waals surface area (Å²) in [7, 11) is -2.23. The molecule has 0 bridgehead atoms. The van der Waals surface area contributed by atoms with Crippen LogP contribution in [0.1, 0.15) is 33.4 Å². The Morgan fingerprint density at radius 2 is 0.800 bits per heavy atom. The molecule has 1 aliphatic rings. The van der Waals surface area contributed by atoms with Gasteiger partial charge in [-0.25, -0.2) is 0 Å². The van der Waals surface area contributed by atoms with E-state index in [1.165, 1.54) is 32.7 Å². The highest BCUT2D eigenvalue weighted by Crippen LogP contribution is 2.55. The summed E-state index contributed by atoms with van der Waals surface area (Å²) >= 11 is 0. The van der Waals surface area contributed by atoms with Gasteiger partial charge < -0.3 is 0 Å². The summed E-state index contributed by atoms with van der Waals surface area (Å²) in [6.45, 7) is 4.82. The zero-order valence-electron chi connectivity index (χ0n) is 19.8. The third-order valence-corrected chi connectivity index (χ3v) is 10.3. The predicted molar refractivity (Wildman–Crippen MR) is 146 cm³/mol. The zero-order chi connectivity index (χ0) is 24.4. The third-order valence-electron chi connectivity index (χ3n) is 6.73. The van der Waals surface area contributed by atoms with Crippen molar-refractivity contribution < 1.29 is 0 Å². The van der Waals surface area contributed by atoms with E-state index in [2.05, 4.69) is 110 Å². The molecule has 4 aromatic rings. The van der Waals surface area contributed by atoms with Crippen LogP contribution >= 0.6 is 0 Å². The van der Waals surface area contributed by atoms with Gasteiger partial charge in [0.2, 0.25) is 0 Å². The van der Waals surface area contributed by atoms with Crippen LogP contribution in [0.5, 0.6) is 0 Å². The Morgan fingerprint density at radius 1 is 0.457 bits per heavy atom. The van der Waals surface area contributed by atoms with Crippen LogP contribution in [0.15, 0.2) is 109 Å². The van der Waals surface area contributed by atoms with Gasteiger partial charge in [-0.15, -0.1) is 0 Å². The third kappa shape index (κ3) is 3.93. The van der Waals surface area contributed by atoms with E-state index in [1.807, 2.05) is 24.3 Å². The SMILES string of the molecule is C[Si]1(C)C(c2ccc(C#N)cc2)=C(c2ccccc2)C(c2ccccc2)=C1c1ccc(C#N)cc1. The fourth-order valence-corrected chi connectivity index (χ4v) is 9.04. The van der Waals surface area contributed by atoms with Gasteiger partial charge in [0, 0.05) is 0 Å². The number of nitrogens with zero attached hydrogens (tertiary/aromatic N) is 2. The number of allylic oxidation sites excluding steroid dienone is 2. The molecule has 0 saturated carbocycles. The minimum absolute atomic E-state index is 0.664. The smallest absolute Gasteiger partial charge is 0.115 e. The quantitative estimate of drug-likeness (QED) is 0.290. The Morgan fingerprint density at radius 3 is 1.11 bits per heavy atom. The molecular weight excluding hydrogens is 440 g/mol. The topological polar surface area (TPSA) is 47.6 Å². The lowest BCUT2D eigenvalue weighted by molar-refractivity contribution is 1.48. The monoisotopic (exact) mass is 464 g/mol. The summed E-state index contributed by atoms with van der Waals surface area (Å²) in [6.07, 6.45) is 0. The summed E-state index contributed by atoms with van der Waals surface area (Å²) in [4.78, 5) is 0. The van der Waals surface area contributed by atoms with E-state index in [9.17, 15) is 10.5 Å². The van der Waals surface area contributed by atoms with Crippen molar-refractivity contribution in [1.82, 2.24) is 0 Å². The van der Waals surface area contributed by atoms with Gasteiger partial charge in [-0.2, -0.15) is 10.5 Å². The molecule has 0 aliphatic carbocycles. The number of hydrogen-bond donors (Lipinski definition) is 0. The van der Waals surface area contributed by atoms with Gasteiger partial charge in [0.1, 0.15) is 8.07 Å². The van der Waals surface area contributed by atoms with Crippen LogP contribution in [-0.4, -0.2) is 8.07 Å². The average Bonchev–Trinajstić information content (AvgIpc) is 3.16. The second-order valence-electron chi connectivity index (χ2n) is 9.24. The molecule has 2 nitrogen and oxygen atoms in total. The van der Waals surface area contributed by atoms with Gasteiger partial charge in [-0.05, 0) is 68.1 Å². The Bertz CT molecular complexity index is 1410. The Balaban J connectivity index is 1.88. The molecular formula is C32H24N2Si. The van der Waals surface area contributed by atoms with Gasteiger partial charge in [-0.1, -0.05) is 98.0 Å². The molecule has 0 amide bonds. The van der Waals surface area contributed by atoms with Crippen molar-refractivity contribution in [3.63, 3.8) is 0 Å². The van der Waals surface area contributed by atoms with Crippen molar-refractivity contribution in [2.24, 2.45) is 0 Å². The number of nitriles is 2. The van der Waals surface area contributed by atoms with Crippen LogP contribution in [-0.2, 0) is 0 Å². The van der Waals surface area contributed by atoms with E-state index in [0.717, 1.165) is 11.1 Å². The summed E-state index contributed by atoms with van der Waals surface area (Å²) in [5.41, 5.74) is 8.56. The molecule has 1 aliphatic heterocycles. The van der Waals surface area contributed by atoms with E-state index < -0.39 is 8.07 Å². The van der Waals surface area contributed by atoms with Crippen molar-refractivity contribution in [2.75, 3.05) is 0 Å². The highest BCUT2D eigenvalue weighted by molar-refractivity contribution is 7.13. The molecule has 0 atom stereocenters. The van der Waals surface area contributed by atoms with Crippen LogP contribution in [0.2, 0.25) is 13.1 Å². The maximum absolute atomic E-state index is 9.37. The molecule has 35 heavy (non-hydrogen) atoms. The van der Waals surface area contributed by atoms with Crippen LogP contribution in [0.25, 0.3) is 21.5 Å². The van der Waals surface area contributed by atoms with Gasteiger partial charge in [0.25, 0.3) is 0 Å². The van der Waals surface area contributed by atoms with E-state index in [1.54, 1.807) is 0 Å². The predicted octanol–water partition coefficient (Wildman–Crippen LogP) is 7.75. The van der Waals surface area contributed by atoms with Gasteiger partial charge >= 0.3 is 0 Å². The second-order valence-corrected chi connectivity index (χ2v) is 13.5. The molecule has 5 rings (SSSR count). The first kappa shape index (κ1) is 22.4. The lowest BCUT2D eigenvalue weighted by Gasteiger charge is -2.26. The maximum Gasteiger partial charge on any atom is 0.115 e. The van der Waals surface area contributed by atoms with E-state index in [0.29, 0.717) is 11.1 Å². The summed E-state index contributed by atoms with van der Waals surface area (Å²) in [5, 5.41) is 21.5. The first-order valence-electron chi connectivity index (χ1n) is 11.7. The minimum atomic E-state index is -2.23. The number of hydrogen-bond acceptors (Lipinski definition) is 2. The standard InChI is InChI=1S/C32H24N2Si/c1-35(2)31(27-17-13-23(21-33)14-18-27)29(25-9-5-3-6-10-25)30(26-11-7-4-8-12-26)32(35)28-19-15-24(22-34)16-20-28/h3-20H,1-2H3. The largest absolute Gasteiger partial charge is 0.192 e. The van der Waals surface area contributed by atoms with E-state index >= 15 is 0 Å². The normalized spacial score (nSPS) is 14.5. The number of benzene rings is 4. The molecule has 166 valence electrons. The summed E-state index contributed by atoms with van der Waals surface area (Å²) < 4.78 is 0. The lowest BCUT2D eigenvalue weighted by Crippen LogP contribution is -2.28. The van der Waals surface area contributed by atoms with Crippen molar-refractivity contribution in [3.05, 3.63) is 143 Å². The first-order chi connectivity index (χ1) is 17.0. The highest BCUT2D eigenvalue weighted by Gasteiger charge is 2.43. The lowest BCUT2D eigenvalue weighted by atomic mass is 9.89. The summed E-state index contributed by atoms with van der Waals surface area (Å²) in [5.74, 6) is 0. The molecule has 0 unspecified atom stereocenters. The van der Waals surface area contributed by atoms with Crippen molar-refractivity contribution in [3.8, 4) is 12.1 Å². The van der Waals surface area contributed by atoms with E-state index in [-0.39, 0.29) is 0 Å². The van der Waals surface area contributed by atoms with Gasteiger partial charge in [0.15, 0.2) is 0 Å². The Hall–Kier alpha value is -4.44. The second kappa shape index (κ2) is 9.07. The van der Waals surface area contributed by atoms with Crippen molar-refractivity contribution >= 4 is 29.6 Å². The number of rotatable bonds is 4. The molecule has 0 N–H and O–H groups in total. The minimum Gasteiger partial charge on any atom is -0.192 e. The van der Waals surface area contributed by atoms with Crippen LogP contribution in [0.3, 0.4) is 0 Å². The highest BCUT2D eigenvalue weighted by atomic mass is 28.3. The molecule has 1 heterocycles. The molecule has 0 fully saturated rings. The summed E-state index contributed by atoms with van der Waals surface area (Å²) in [6, 6.07) is 41.8. The molecule has 3 heteroatoms. The van der Waals surface area contributed by atoms with Crippen LogP contribution in [0.4, 0.5) is 0 Å².